The molecule has 0 bridgehead atoms. The molecule has 0 aromatic heterocycles. The van der Waals surface area contributed by atoms with E-state index < -0.39 is 17.4 Å². The fraction of sp³-hybridized carbons (Fsp3) is 0.100. The van der Waals surface area contributed by atoms with Gasteiger partial charge in [-0.1, -0.05) is 30.3 Å². The van der Waals surface area contributed by atoms with Gasteiger partial charge < -0.3 is 0 Å². The standard InChI is InChI=1S/C10H7N3O3/c14-10-8(6-13(15)16)9(11-12-10)7-4-2-1-3-5-7/h1-5H,6H2. The van der Waals surface area contributed by atoms with Crippen LogP contribution in [0.1, 0.15) is 5.56 Å². The summed E-state index contributed by atoms with van der Waals surface area (Å²) < 4.78 is 0. The van der Waals surface area contributed by atoms with Crippen molar-refractivity contribution in [1.82, 2.24) is 0 Å². The smallest absolute Gasteiger partial charge is 0.265 e. The van der Waals surface area contributed by atoms with Crippen molar-refractivity contribution in [1.29, 1.82) is 0 Å². The molecular weight excluding hydrogens is 210 g/mol. The molecule has 0 fully saturated rings. The van der Waals surface area contributed by atoms with E-state index in [0.29, 0.717) is 11.3 Å². The van der Waals surface area contributed by atoms with Crippen molar-refractivity contribution in [2.24, 2.45) is 10.2 Å². The Bertz CT molecular complexity index is 505. The first kappa shape index (κ1) is 10.2. The summed E-state index contributed by atoms with van der Waals surface area (Å²) in [6.45, 7) is -0.546. The van der Waals surface area contributed by atoms with Crippen LogP contribution in [0.2, 0.25) is 0 Å². The van der Waals surface area contributed by atoms with Crippen LogP contribution in [0.5, 0.6) is 0 Å². The lowest BCUT2D eigenvalue weighted by Gasteiger charge is -1.98. The van der Waals surface area contributed by atoms with Gasteiger partial charge in [0.15, 0.2) is 0 Å². The Labute approximate surface area is 90.5 Å². The van der Waals surface area contributed by atoms with E-state index in [-0.39, 0.29) is 5.57 Å². The van der Waals surface area contributed by atoms with E-state index in [2.05, 4.69) is 10.2 Å². The lowest BCUT2D eigenvalue weighted by atomic mass is 10.1. The maximum absolute atomic E-state index is 11.3. The van der Waals surface area contributed by atoms with Crippen molar-refractivity contribution in [3.63, 3.8) is 0 Å². The van der Waals surface area contributed by atoms with Crippen LogP contribution < -0.4 is 0 Å². The zero-order valence-corrected chi connectivity index (χ0v) is 8.16. The molecule has 2 rings (SSSR count). The van der Waals surface area contributed by atoms with Crippen molar-refractivity contribution < 1.29 is 9.72 Å². The second-order valence-corrected chi connectivity index (χ2v) is 3.19. The Morgan fingerprint density at radius 1 is 1.19 bits per heavy atom. The van der Waals surface area contributed by atoms with Crippen molar-refractivity contribution in [3.8, 4) is 0 Å². The van der Waals surface area contributed by atoms with E-state index in [1.807, 2.05) is 6.07 Å². The van der Waals surface area contributed by atoms with E-state index >= 15 is 0 Å². The van der Waals surface area contributed by atoms with Gasteiger partial charge in [0, 0.05) is 10.5 Å². The fourth-order valence-corrected chi connectivity index (χ4v) is 1.42. The molecular formula is C10H7N3O3. The maximum atomic E-state index is 11.3. The average Bonchev–Trinajstić information content (AvgIpc) is 2.61. The van der Waals surface area contributed by atoms with E-state index in [1.54, 1.807) is 24.3 Å². The number of carbonyl (C=O) groups excluding carboxylic acids is 1. The summed E-state index contributed by atoms with van der Waals surface area (Å²) in [7, 11) is 0. The highest BCUT2D eigenvalue weighted by molar-refractivity contribution is 6.04. The van der Waals surface area contributed by atoms with Gasteiger partial charge in [0.05, 0.1) is 0 Å². The molecule has 0 saturated carbocycles. The van der Waals surface area contributed by atoms with Gasteiger partial charge in [-0.2, -0.15) is 0 Å². The number of carbonyl (C=O) groups is 1. The third-order valence-corrected chi connectivity index (χ3v) is 2.12. The molecule has 0 radical (unpaired) electrons. The first-order chi connectivity index (χ1) is 7.68. The highest BCUT2D eigenvalue weighted by Gasteiger charge is 2.26. The summed E-state index contributed by atoms with van der Waals surface area (Å²) in [6, 6.07) is 8.81. The van der Waals surface area contributed by atoms with Gasteiger partial charge >= 0.3 is 0 Å². The zero-order chi connectivity index (χ0) is 11.5. The number of amides is 1. The highest BCUT2D eigenvalue weighted by atomic mass is 16.6. The summed E-state index contributed by atoms with van der Waals surface area (Å²) >= 11 is 0. The molecule has 1 aromatic rings. The number of azo groups is 1. The van der Waals surface area contributed by atoms with E-state index in [9.17, 15) is 14.9 Å². The molecule has 0 unspecified atom stereocenters. The van der Waals surface area contributed by atoms with Gasteiger partial charge in [0.1, 0.15) is 11.3 Å². The number of nitro groups is 1. The number of benzene rings is 1. The first-order valence-electron chi connectivity index (χ1n) is 4.55. The van der Waals surface area contributed by atoms with E-state index in [4.69, 9.17) is 0 Å². The van der Waals surface area contributed by atoms with Gasteiger partial charge in [0.2, 0.25) is 6.54 Å². The minimum atomic E-state index is -0.629. The van der Waals surface area contributed by atoms with Crippen molar-refractivity contribution in [2.75, 3.05) is 6.54 Å². The largest absolute Gasteiger partial charge is 0.300 e. The van der Waals surface area contributed by atoms with Crippen LogP contribution >= 0.6 is 0 Å². The molecule has 80 valence electrons. The molecule has 1 aromatic carbocycles. The Hall–Kier alpha value is -2.37. The minimum absolute atomic E-state index is 0.0381. The third kappa shape index (κ3) is 1.85. The van der Waals surface area contributed by atoms with Gasteiger partial charge in [-0.25, -0.2) is 0 Å². The number of hydrogen-bond donors (Lipinski definition) is 0. The molecule has 16 heavy (non-hydrogen) atoms. The Balaban J connectivity index is 2.44. The molecule has 0 aliphatic carbocycles. The predicted molar refractivity (Wildman–Crippen MR) is 55.1 cm³/mol. The van der Waals surface area contributed by atoms with E-state index in [1.165, 1.54) is 0 Å². The highest BCUT2D eigenvalue weighted by Crippen LogP contribution is 2.26. The fourth-order valence-electron chi connectivity index (χ4n) is 1.42. The predicted octanol–water partition coefficient (Wildman–Crippen LogP) is 1.67. The van der Waals surface area contributed by atoms with Crippen LogP contribution in [-0.4, -0.2) is 17.4 Å². The molecule has 0 spiro atoms. The summed E-state index contributed by atoms with van der Waals surface area (Å²) in [5, 5.41) is 17.4. The molecule has 1 aliphatic heterocycles. The van der Waals surface area contributed by atoms with E-state index in [0.717, 1.165) is 0 Å². The number of hydrogen-bond acceptors (Lipinski definition) is 4. The Morgan fingerprint density at radius 2 is 1.88 bits per heavy atom. The summed E-state index contributed by atoms with van der Waals surface area (Å²) in [5.74, 6) is -0.629. The second kappa shape index (κ2) is 4.01. The quantitative estimate of drug-likeness (QED) is 0.570. The van der Waals surface area contributed by atoms with Crippen LogP contribution in [0.15, 0.2) is 46.1 Å². The van der Waals surface area contributed by atoms with Gasteiger partial charge in [0.25, 0.3) is 5.91 Å². The number of rotatable bonds is 3. The van der Waals surface area contributed by atoms with Crippen LogP contribution in [0.25, 0.3) is 5.70 Å². The maximum Gasteiger partial charge on any atom is 0.300 e. The van der Waals surface area contributed by atoms with Gasteiger partial charge in [-0.05, 0) is 0 Å². The topological polar surface area (TPSA) is 84.9 Å². The van der Waals surface area contributed by atoms with Crippen molar-refractivity contribution in [2.45, 2.75) is 0 Å². The average molecular weight is 217 g/mol. The van der Waals surface area contributed by atoms with Crippen LogP contribution in [0.3, 0.4) is 0 Å². The second-order valence-electron chi connectivity index (χ2n) is 3.19. The minimum Gasteiger partial charge on any atom is -0.265 e. The molecule has 1 heterocycles. The SMILES string of the molecule is O=C1N=NC(c2ccccc2)=C1C[N+](=O)[O-]. The lowest BCUT2D eigenvalue weighted by Crippen LogP contribution is -2.10. The molecule has 6 heteroatoms. The van der Waals surface area contributed by atoms with Crippen molar-refractivity contribution >= 4 is 11.6 Å². The summed E-state index contributed by atoms with van der Waals surface area (Å²) in [6.07, 6.45) is 0. The molecule has 1 amide bonds. The summed E-state index contributed by atoms with van der Waals surface area (Å²) in [4.78, 5) is 21.1. The van der Waals surface area contributed by atoms with Gasteiger partial charge in [-0.3, -0.25) is 14.9 Å². The lowest BCUT2D eigenvalue weighted by molar-refractivity contribution is -0.469. The number of nitrogens with zero attached hydrogens (tertiary/aromatic N) is 3. The molecule has 0 atom stereocenters. The molecule has 0 saturated heterocycles. The molecule has 0 N–H and O–H groups in total. The monoisotopic (exact) mass is 217 g/mol. The Kier molecular flexibility index (Phi) is 2.55. The first-order valence-corrected chi connectivity index (χ1v) is 4.55. The van der Waals surface area contributed by atoms with Crippen molar-refractivity contribution in [3.05, 3.63) is 51.6 Å². The van der Waals surface area contributed by atoms with Crippen LogP contribution in [0.4, 0.5) is 0 Å². The Morgan fingerprint density at radius 3 is 2.50 bits per heavy atom. The zero-order valence-electron chi connectivity index (χ0n) is 8.16. The normalized spacial score (nSPS) is 14.6. The summed E-state index contributed by atoms with van der Waals surface area (Å²) in [5.41, 5.74) is 0.993. The van der Waals surface area contributed by atoms with Gasteiger partial charge in [-0.15, -0.1) is 10.2 Å². The third-order valence-electron chi connectivity index (χ3n) is 2.12. The van der Waals surface area contributed by atoms with Crippen LogP contribution in [-0.2, 0) is 4.79 Å². The molecule has 1 aliphatic rings. The molecule has 6 nitrogen and oxygen atoms in total. The van der Waals surface area contributed by atoms with Crippen LogP contribution in [0, 0.1) is 10.1 Å².